The van der Waals surface area contributed by atoms with Gasteiger partial charge in [0.25, 0.3) is 0 Å². The summed E-state index contributed by atoms with van der Waals surface area (Å²) in [6.07, 6.45) is 8.36. The summed E-state index contributed by atoms with van der Waals surface area (Å²) in [5.74, 6) is 0. The molecule has 4 heteroatoms. The van der Waals surface area contributed by atoms with Crippen LogP contribution in [-0.4, -0.2) is 62.5 Å². The molecule has 19 heavy (non-hydrogen) atoms. The maximum atomic E-state index is 6.31. The van der Waals surface area contributed by atoms with Gasteiger partial charge in [0.1, 0.15) is 0 Å². The fourth-order valence-corrected chi connectivity index (χ4v) is 3.75. The van der Waals surface area contributed by atoms with Gasteiger partial charge in [-0.2, -0.15) is 0 Å². The third-order valence-electron chi connectivity index (χ3n) is 4.93. The Hall–Kier alpha value is -0.160. The van der Waals surface area contributed by atoms with Crippen molar-refractivity contribution in [1.29, 1.82) is 0 Å². The van der Waals surface area contributed by atoms with Crippen LogP contribution in [0.3, 0.4) is 0 Å². The highest BCUT2D eigenvalue weighted by atomic mass is 16.5. The predicted molar refractivity (Wildman–Crippen MR) is 75.4 cm³/mol. The lowest BCUT2D eigenvalue weighted by Gasteiger charge is -2.27. The van der Waals surface area contributed by atoms with E-state index in [1.54, 1.807) is 0 Å². The number of ether oxygens (including phenoxy) is 2. The van der Waals surface area contributed by atoms with E-state index in [-0.39, 0.29) is 5.60 Å². The summed E-state index contributed by atoms with van der Waals surface area (Å²) in [6, 6.07) is 0. The fraction of sp³-hybridized carbons (Fsp3) is 1.00. The highest BCUT2D eigenvalue weighted by molar-refractivity contribution is 4.93. The van der Waals surface area contributed by atoms with Crippen LogP contribution in [0.4, 0.5) is 0 Å². The molecule has 1 N–H and O–H groups in total. The van der Waals surface area contributed by atoms with Gasteiger partial charge in [0.15, 0.2) is 0 Å². The summed E-state index contributed by atoms with van der Waals surface area (Å²) in [5.41, 5.74) is 0.288. The third-order valence-corrected chi connectivity index (χ3v) is 4.93. The molecule has 2 heterocycles. The van der Waals surface area contributed by atoms with Crippen molar-refractivity contribution in [1.82, 2.24) is 10.2 Å². The molecule has 0 aromatic carbocycles. The Bertz CT molecular complexity index is 273. The van der Waals surface area contributed by atoms with E-state index in [1.807, 2.05) is 0 Å². The summed E-state index contributed by atoms with van der Waals surface area (Å²) in [7, 11) is 0. The lowest BCUT2D eigenvalue weighted by Crippen LogP contribution is -2.41. The Morgan fingerprint density at radius 3 is 2.68 bits per heavy atom. The highest BCUT2D eigenvalue weighted by Crippen LogP contribution is 2.43. The molecular formula is C15H28N2O2. The maximum Gasteiger partial charge on any atom is 0.0708 e. The molecule has 3 fully saturated rings. The molecule has 1 unspecified atom stereocenters. The molecule has 2 aliphatic heterocycles. The molecule has 0 aromatic rings. The average molecular weight is 268 g/mol. The summed E-state index contributed by atoms with van der Waals surface area (Å²) in [4.78, 5) is 2.48. The minimum Gasteiger partial charge on any atom is -0.379 e. The van der Waals surface area contributed by atoms with Crippen LogP contribution in [0.25, 0.3) is 0 Å². The molecule has 1 aliphatic carbocycles. The van der Waals surface area contributed by atoms with E-state index in [0.29, 0.717) is 6.10 Å². The van der Waals surface area contributed by atoms with Gasteiger partial charge in [-0.1, -0.05) is 12.8 Å². The SMILES string of the molecule is C1CCC2(C1)CCC(CNCCN1CCOCC1)O2. The first-order chi connectivity index (χ1) is 9.36. The second-order valence-electron chi connectivity index (χ2n) is 6.33. The summed E-state index contributed by atoms with van der Waals surface area (Å²) in [5, 5.41) is 3.57. The Labute approximate surface area is 116 Å². The first kappa shape index (κ1) is 13.8. The van der Waals surface area contributed by atoms with Crippen molar-refractivity contribution in [3.63, 3.8) is 0 Å². The number of rotatable bonds is 5. The van der Waals surface area contributed by atoms with Crippen molar-refractivity contribution in [2.45, 2.75) is 50.2 Å². The van der Waals surface area contributed by atoms with Crippen molar-refractivity contribution in [2.75, 3.05) is 45.9 Å². The predicted octanol–water partition coefficient (Wildman–Crippen LogP) is 1.40. The Kier molecular flexibility index (Phi) is 4.74. The lowest BCUT2D eigenvalue weighted by molar-refractivity contribution is -0.0353. The highest BCUT2D eigenvalue weighted by Gasteiger charge is 2.41. The maximum absolute atomic E-state index is 6.31. The number of morpholine rings is 1. The van der Waals surface area contributed by atoms with E-state index in [4.69, 9.17) is 9.47 Å². The third kappa shape index (κ3) is 3.69. The van der Waals surface area contributed by atoms with Gasteiger partial charge in [-0.15, -0.1) is 0 Å². The summed E-state index contributed by atoms with van der Waals surface area (Å²) in [6.45, 7) is 7.22. The molecule has 0 aromatic heterocycles. The largest absolute Gasteiger partial charge is 0.379 e. The van der Waals surface area contributed by atoms with Crippen molar-refractivity contribution < 1.29 is 9.47 Å². The van der Waals surface area contributed by atoms with Crippen LogP contribution in [0.2, 0.25) is 0 Å². The smallest absolute Gasteiger partial charge is 0.0708 e. The van der Waals surface area contributed by atoms with E-state index in [1.165, 1.54) is 38.5 Å². The van der Waals surface area contributed by atoms with Crippen LogP contribution in [0, 0.1) is 0 Å². The Balaban J connectivity index is 1.28. The molecule has 3 rings (SSSR count). The minimum atomic E-state index is 0.288. The number of hydrogen-bond donors (Lipinski definition) is 1. The minimum absolute atomic E-state index is 0.288. The first-order valence-corrected chi connectivity index (χ1v) is 8.05. The zero-order valence-corrected chi connectivity index (χ0v) is 12.0. The van der Waals surface area contributed by atoms with Crippen molar-refractivity contribution in [2.24, 2.45) is 0 Å². The van der Waals surface area contributed by atoms with Gasteiger partial charge >= 0.3 is 0 Å². The zero-order chi connectivity index (χ0) is 13.0. The first-order valence-electron chi connectivity index (χ1n) is 8.05. The molecule has 1 atom stereocenters. The Morgan fingerprint density at radius 2 is 1.89 bits per heavy atom. The average Bonchev–Trinajstić information content (AvgIpc) is 3.07. The second-order valence-corrected chi connectivity index (χ2v) is 6.33. The van der Waals surface area contributed by atoms with Crippen molar-refractivity contribution in [3.05, 3.63) is 0 Å². The van der Waals surface area contributed by atoms with Gasteiger partial charge in [-0.3, -0.25) is 4.90 Å². The molecule has 0 bridgehead atoms. The summed E-state index contributed by atoms with van der Waals surface area (Å²) >= 11 is 0. The summed E-state index contributed by atoms with van der Waals surface area (Å²) < 4.78 is 11.7. The monoisotopic (exact) mass is 268 g/mol. The van der Waals surface area contributed by atoms with Gasteiger partial charge in [-0.05, 0) is 25.7 Å². The molecular weight excluding hydrogens is 240 g/mol. The van der Waals surface area contributed by atoms with Gasteiger partial charge in [0, 0.05) is 32.7 Å². The van der Waals surface area contributed by atoms with Crippen LogP contribution in [0.1, 0.15) is 38.5 Å². The van der Waals surface area contributed by atoms with Crippen molar-refractivity contribution in [3.8, 4) is 0 Å². The molecule has 4 nitrogen and oxygen atoms in total. The molecule has 1 spiro atoms. The van der Waals surface area contributed by atoms with Gasteiger partial charge < -0.3 is 14.8 Å². The van der Waals surface area contributed by atoms with E-state index < -0.39 is 0 Å². The number of nitrogens with one attached hydrogen (secondary N) is 1. The standard InChI is InChI=1S/C15H28N2O2/c1-2-5-15(4-1)6-3-14(19-15)13-16-7-8-17-9-11-18-12-10-17/h14,16H,1-13H2. The zero-order valence-electron chi connectivity index (χ0n) is 12.0. The molecule has 1 saturated carbocycles. The van der Waals surface area contributed by atoms with Crippen LogP contribution >= 0.6 is 0 Å². The van der Waals surface area contributed by atoms with Gasteiger partial charge in [0.2, 0.25) is 0 Å². The molecule has 110 valence electrons. The van der Waals surface area contributed by atoms with Crippen molar-refractivity contribution >= 4 is 0 Å². The van der Waals surface area contributed by atoms with E-state index in [9.17, 15) is 0 Å². The second kappa shape index (κ2) is 6.53. The van der Waals surface area contributed by atoms with Crippen LogP contribution in [0.15, 0.2) is 0 Å². The van der Waals surface area contributed by atoms with E-state index in [0.717, 1.165) is 45.9 Å². The normalized spacial score (nSPS) is 31.3. The topological polar surface area (TPSA) is 33.7 Å². The van der Waals surface area contributed by atoms with Gasteiger partial charge in [0.05, 0.1) is 24.9 Å². The van der Waals surface area contributed by atoms with Crippen LogP contribution in [-0.2, 0) is 9.47 Å². The molecule has 0 amide bonds. The van der Waals surface area contributed by atoms with Crippen LogP contribution in [0.5, 0.6) is 0 Å². The number of hydrogen-bond acceptors (Lipinski definition) is 4. The van der Waals surface area contributed by atoms with Crippen LogP contribution < -0.4 is 5.32 Å². The van der Waals surface area contributed by atoms with E-state index in [2.05, 4.69) is 10.2 Å². The molecule has 3 aliphatic rings. The Morgan fingerprint density at radius 1 is 1.11 bits per heavy atom. The molecule has 0 radical (unpaired) electrons. The quantitative estimate of drug-likeness (QED) is 0.764. The fourth-order valence-electron chi connectivity index (χ4n) is 3.75. The molecule has 2 saturated heterocycles. The number of nitrogens with zero attached hydrogens (tertiary/aromatic N) is 1. The van der Waals surface area contributed by atoms with E-state index >= 15 is 0 Å². The van der Waals surface area contributed by atoms with Gasteiger partial charge in [-0.25, -0.2) is 0 Å². The lowest BCUT2D eigenvalue weighted by atomic mass is 9.98.